The molecule has 1 saturated heterocycles. The number of aliphatic hydroxyl groups is 1. The summed E-state index contributed by atoms with van der Waals surface area (Å²) in [6.45, 7) is 7.71. The summed E-state index contributed by atoms with van der Waals surface area (Å²) in [5, 5.41) is 11.3. The second kappa shape index (κ2) is 9.44. The van der Waals surface area contributed by atoms with Crippen LogP contribution in [-0.2, 0) is 0 Å². The Morgan fingerprint density at radius 3 is 2.38 bits per heavy atom. The number of nitrogens with zero attached hydrogens (tertiary/aromatic N) is 3. The molecule has 3 heterocycles. The third-order valence-electron chi connectivity index (χ3n) is 5.00. The van der Waals surface area contributed by atoms with Crippen LogP contribution in [0.3, 0.4) is 0 Å². The first kappa shape index (κ1) is 20.0. The van der Waals surface area contributed by atoms with Gasteiger partial charge in [0.1, 0.15) is 0 Å². The third-order valence-corrected chi connectivity index (χ3v) is 7.19. The molecule has 7 heteroatoms. The first-order valence-electron chi connectivity index (χ1n) is 9.02. The van der Waals surface area contributed by atoms with Crippen molar-refractivity contribution in [2.45, 2.75) is 15.5 Å². The molecule has 0 bridgehead atoms. The van der Waals surface area contributed by atoms with Crippen molar-refractivity contribution in [2.24, 2.45) is 0 Å². The molecule has 0 spiro atoms. The zero-order valence-electron chi connectivity index (χ0n) is 14.8. The number of halogens is 1. The third kappa shape index (κ3) is 4.38. The molecule has 4 nitrogen and oxygen atoms in total. The maximum atomic E-state index is 9.05. The Kier molecular flexibility index (Phi) is 7.26. The number of anilines is 2. The van der Waals surface area contributed by atoms with Gasteiger partial charge in [0.2, 0.25) is 0 Å². The Hall–Kier alpha value is -0.760. The summed E-state index contributed by atoms with van der Waals surface area (Å²) in [7, 11) is 0. The van der Waals surface area contributed by atoms with E-state index in [1.807, 2.05) is 23.1 Å². The Morgan fingerprint density at radius 2 is 1.62 bits per heavy atom. The van der Waals surface area contributed by atoms with Gasteiger partial charge in [0, 0.05) is 44.2 Å². The van der Waals surface area contributed by atoms with Crippen molar-refractivity contribution in [3.05, 3.63) is 35.7 Å². The zero-order chi connectivity index (χ0) is 17.1. The number of para-hydroxylation sites is 1. The molecule has 1 aromatic heterocycles. The molecule has 0 radical (unpaired) electrons. The summed E-state index contributed by atoms with van der Waals surface area (Å²) in [5.74, 6) is 0. The van der Waals surface area contributed by atoms with E-state index in [0.717, 1.165) is 45.8 Å². The van der Waals surface area contributed by atoms with E-state index >= 15 is 0 Å². The quantitative estimate of drug-likeness (QED) is 0.781. The van der Waals surface area contributed by atoms with Crippen LogP contribution in [-0.4, -0.2) is 67.3 Å². The van der Waals surface area contributed by atoms with E-state index in [1.165, 1.54) is 26.9 Å². The Balaban J connectivity index is 0.00000196. The molecule has 2 aromatic rings. The molecule has 142 valence electrons. The van der Waals surface area contributed by atoms with Crippen molar-refractivity contribution < 1.29 is 5.11 Å². The molecular weight excluding hydrogens is 386 g/mol. The molecule has 1 N–H and O–H groups in total. The summed E-state index contributed by atoms with van der Waals surface area (Å²) >= 11 is 3.74. The summed E-state index contributed by atoms with van der Waals surface area (Å²) in [4.78, 5) is 8.79. The fourth-order valence-electron chi connectivity index (χ4n) is 3.63. The number of fused-ring (bicyclic) bond motifs is 2. The van der Waals surface area contributed by atoms with Gasteiger partial charge in [-0.25, -0.2) is 0 Å². The van der Waals surface area contributed by atoms with Crippen LogP contribution in [0.15, 0.2) is 44.8 Å². The van der Waals surface area contributed by atoms with Gasteiger partial charge in [-0.1, -0.05) is 23.9 Å². The average Bonchev–Trinajstić information content (AvgIpc) is 3.11. The molecule has 0 unspecified atom stereocenters. The number of piperazine rings is 1. The van der Waals surface area contributed by atoms with Crippen LogP contribution in [0, 0.1) is 0 Å². The molecule has 0 saturated carbocycles. The second-order valence-corrected chi connectivity index (χ2v) is 8.80. The van der Waals surface area contributed by atoms with Crippen molar-refractivity contribution in [2.75, 3.05) is 57.3 Å². The monoisotopic (exact) mass is 411 g/mol. The number of hydrogen-bond donors (Lipinski definition) is 1. The smallest absolute Gasteiger partial charge is 0.0884 e. The van der Waals surface area contributed by atoms with E-state index in [1.54, 1.807) is 0 Å². The van der Waals surface area contributed by atoms with E-state index in [9.17, 15) is 0 Å². The minimum atomic E-state index is 0. The normalized spacial score (nSPS) is 17.5. The highest BCUT2D eigenvalue weighted by Crippen LogP contribution is 2.50. The SMILES string of the molecule is Cl.OCCN1CCN(CCCN2c3ccccc3Sc3sccc32)CC1. The molecule has 2 aliphatic heterocycles. The first-order valence-corrected chi connectivity index (χ1v) is 10.7. The molecule has 0 atom stereocenters. The lowest BCUT2D eigenvalue weighted by Gasteiger charge is -2.35. The van der Waals surface area contributed by atoms with Crippen molar-refractivity contribution in [1.29, 1.82) is 0 Å². The first-order chi connectivity index (χ1) is 12.3. The summed E-state index contributed by atoms with van der Waals surface area (Å²) in [6, 6.07) is 11.0. The van der Waals surface area contributed by atoms with Crippen LogP contribution < -0.4 is 4.90 Å². The lowest BCUT2D eigenvalue weighted by molar-refractivity contribution is 0.112. The summed E-state index contributed by atoms with van der Waals surface area (Å²) in [6.07, 6.45) is 1.17. The molecule has 4 rings (SSSR count). The number of thiophene rings is 1. The topological polar surface area (TPSA) is 30.0 Å². The van der Waals surface area contributed by atoms with Gasteiger partial charge in [0.05, 0.1) is 22.2 Å². The number of hydrogen-bond acceptors (Lipinski definition) is 6. The summed E-state index contributed by atoms with van der Waals surface area (Å²) in [5.41, 5.74) is 2.73. The molecule has 1 fully saturated rings. The van der Waals surface area contributed by atoms with Gasteiger partial charge >= 0.3 is 0 Å². The van der Waals surface area contributed by atoms with Gasteiger partial charge in [0.25, 0.3) is 0 Å². The minimum Gasteiger partial charge on any atom is -0.395 e. The maximum absolute atomic E-state index is 9.05. The lowest BCUT2D eigenvalue weighted by Crippen LogP contribution is -2.47. The Morgan fingerprint density at radius 1 is 0.885 bits per heavy atom. The average molecular weight is 412 g/mol. The molecule has 0 aliphatic carbocycles. The highest BCUT2D eigenvalue weighted by Gasteiger charge is 2.24. The fourth-order valence-corrected chi connectivity index (χ4v) is 5.79. The van der Waals surface area contributed by atoms with E-state index in [4.69, 9.17) is 5.11 Å². The fraction of sp³-hybridized carbons (Fsp3) is 0.474. The van der Waals surface area contributed by atoms with Gasteiger partial charge in [0.15, 0.2) is 0 Å². The number of benzene rings is 1. The zero-order valence-corrected chi connectivity index (χ0v) is 17.3. The largest absolute Gasteiger partial charge is 0.395 e. The van der Waals surface area contributed by atoms with Gasteiger partial charge in [-0.2, -0.15) is 0 Å². The number of rotatable bonds is 6. The molecule has 1 aromatic carbocycles. The van der Waals surface area contributed by atoms with E-state index in [-0.39, 0.29) is 19.0 Å². The Bertz CT molecular complexity index is 704. The molecular formula is C19H26ClN3OS2. The highest BCUT2D eigenvalue weighted by molar-refractivity contribution is 8.01. The van der Waals surface area contributed by atoms with Crippen LogP contribution in [0.25, 0.3) is 0 Å². The Labute approximate surface area is 170 Å². The van der Waals surface area contributed by atoms with E-state index in [0.29, 0.717) is 0 Å². The predicted molar refractivity (Wildman–Crippen MR) is 114 cm³/mol. The maximum Gasteiger partial charge on any atom is 0.0884 e. The number of β-amino-alcohol motifs (C(OH)–C–C–N with tert-alkyl or cyclic N) is 1. The molecule has 2 aliphatic rings. The van der Waals surface area contributed by atoms with Crippen LogP contribution in [0.1, 0.15) is 6.42 Å². The van der Waals surface area contributed by atoms with Crippen LogP contribution >= 0.6 is 35.5 Å². The van der Waals surface area contributed by atoms with Gasteiger partial charge in [-0.3, -0.25) is 4.90 Å². The number of aliphatic hydroxyl groups excluding tert-OH is 1. The van der Waals surface area contributed by atoms with Crippen LogP contribution in [0.5, 0.6) is 0 Å². The molecule has 0 amide bonds. The van der Waals surface area contributed by atoms with Crippen molar-refractivity contribution in [3.63, 3.8) is 0 Å². The van der Waals surface area contributed by atoms with Crippen LogP contribution in [0.2, 0.25) is 0 Å². The minimum absolute atomic E-state index is 0. The van der Waals surface area contributed by atoms with Crippen molar-refractivity contribution in [3.8, 4) is 0 Å². The highest BCUT2D eigenvalue weighted by atomic mass is 35.5. The summed E-state index contributed by atoms with van der Waals surface area (Å²) < 4.78 is 1.41. The second-order valence-electron chi connectivity index (χ2n) is 6.58. The van der Waals surface area contributed by atoms with Gasteiger partial charge in [-0.15, -0.1) is 23.7 Å². The standard InChI is InChI=1S/C19H25N3OS2.ClH/c23-14-13-21-11-9-20(10-12-21)7-3-8-22-16-4-1-2-5-18(16)25-19-17(22)6-15-24-19;/h1-2,4-6,15,23H,3,7-14H2;1H. The van der Waals surface area contributed by atoms with E-state index < -0.39 is 0 Å². The van der Waals surface area contributed by atoms with Crippen LogP contribution in [0.4, 0.5) is 11.4 Å². The van der Waals surface area contributed by atoms with E-state index in [2.05, 4.69) is 50.4 Å². The lowest BCUT2D eigenvalue weighted by atomic mass is 10.2. The predicted octanol–water partition coefficient (Wildman–Crippen LogP) is 3.77. The van der Waals surface area contributed by atoms with Gasteiger partial charge in [-0.05, 0) is 36.5 Å². The van der Waals surface area contributed by atoms with Crippen molar-refractivity contribution >= 4 is 46.9 Å². The van der Waals surface area contributed by atoms with Gasteiger partial charge < -0.3 is 14.9 Å². The van der Waals surface area contributed by atoms with Crippen molar-refractivity contribution in [1.82, 2.24) is 9.80 Å². The molecule has 26 heavy (non-hydrogen) atoms.